The van der Waals surface area contributed by atoms with Crippen molar-refractivity contribution in [2.24, 2.45) is 7.05 Å². The van der Waals surface area contributed by atoms with E-state index < -0.39 is 17.6 Å². The Labute approximate surface area is 156 Å². The lowest BCUT2D eigenvalue weighted by Gasteiger charge is -2.09. The Bertz CT molecular complexity index is 943. The second-order valence-electron chi connectivity index (χ2n) is 5.52. The van der Waals surface area contributed by atoms with Gasteiger partial charge in [0.15, 0.2) is 11.0 Å². The highest BCUT2D eigenvalue weighted by molar-refractivity contribution is 7.99. The van der Waals surface area contributed by atoms with Crippen LogP contribution in [-0.2, 0) is 18.0 Å². The van der Waals surface area contributed by atoms with Crippen molar-refractivity contribution in [3.8, 4) is 11.4 Å². The van der Waals surface area contributed by atoms with Crippen LogP contribution in [0.2, 0.25) is 0 Å². The topological polar surface area (TPSA) is 72.7 Å². The highest BCUT2D eigenvalue weighted by Crippen LogP contribution is 2.30. The summed E-state index contributed by atoms with van der Waals surface area (Å²) in [7, 11) is 1.76. The molecule has 0 aliphatic carbocycles. The van der Waals surface area contributed by atoms with Gasteiger partial charge in [-0.05, 0) is 30.3 Å². The number of nitrogens with one attached hydrogen (secondary N) is 1. The monoisotopic (exact) mass is 393 g/mol. The quantitative estimate of drug-likeness (QED) is 0.671. The molecule has 1 amide bonds. The molecule has 27 heavy (non-hydrogen) atoms. The fourth-order valence-electron chi connectivity index (χ4n) is 2.29. The van der Waals surface area contributed by atoms with Crippen LogP contribution in [0.5, 0.6) is 0 Å². The molecule has 3 aromatic rings. The van der Waals surface area contributed by atoms with Crippen molar-refractivity contribution < 1.29 is 18.0 Å². The smallest absolute Gasteiger partial charge is 0.325 e. The average Bonchev–Trinajstić information content (AvgIpc) is 3.01. The summed E-state index contributed by atoms with van der Waals surface area (Å²) in [5.74, 6) is 0.143. The number of rotatable bonds is 5. The van der Waals surface area contributed by atoms with Gasteiger partial charge in [-0.1, -0.05) is 17.8 Å². The van der Waals surface area contributed by atoms with E-state index in [0.29, 0.717) is 11.0 Å². The zero-order valence-corrected chi connectivity index (χ0v) is 14.9. The molecule has 6 nitrogen and oxygen atoms in total. The summed E-state index contributed by atoms with van der Waals surface area (Å²) >= 11 is 1.13. The van der Waals surface area contributed by atoms with Crippen molar-refractivity contribution >= 4 is 23.4 Å². The summed E-state index contributed by atoms with van der Waals surface area (Å²) in [4.78, 5) is 16.1. The number of carbonyl (C=O) groups excluding carboxylic acids is 1. The molecule has 0 bridgehead atoms. The van der Waals surface area contributed by atoms with Crippen LogP contribution in [0.3, 0.4) is 0 Å². The fourth-order valence-corrected chi connectivity index (χ4v) is 3.00. The predicted molar refractivity (Wildman–Crippen MR) is 95.0 cm³/mol. The van der Waals surface area contributed by atoms with Gasteiger partial charge in [0, 0.05) is 30.7 Å². The lowest BCUT2D eigenvalue weighted by molar-refractivity contribution is -0.137. The number of thioether (sulfide) groups is 1. The second kappa shape index (κ2) is 7.78. The first kappa shape index (κ1) is 18.9. The first-order valence-corrected chi connectivity index (χ1v) is 8.73. The molecule has 1 aromatic carbocycles. The molecule has 0 saturated carbocycles. The van der Waals surface area contributed by atoms with Gasteiger partial charge in [0.25, 0.3) is 0 Å². The molecule has 0 unspecified atom stereocenters. The van der Waals surface area contributed by atoms with Crippen LogP contribution in [0, 0.1) is 0 Å². The fraction of sp³-hybridized carbons (Fsp3) is 0.176. The Morgan fingerprint density at radius 3 is 2.74 bits per heavy atom. The molecule has 2 heterocycles. The summed E-state index contributed by atoms with van der Waals surface area (Å²) in [5, 5.41) is 11.1. The molecule has 0 saturated heterocycles. The number of hydrogen-bond donors (Lipinski definition) is 1. The molecular weight excluding hydrogens is 379 g/mol. The van der Waals surface area contributed by atoms with E-state index in [1.165, 1.54) is 12.1 Å². The number of hydrogen-bond acceptors (Lipinski definition) is 5. The number of pyridine rings is 1. The van der Waals surface area contributed by atoms with Crippen LogP contribution in [0.25, 0.3) is 11.4 Å². The number of halogens is 3. The highest BCUT2D eigenvalue weighted by atomic mass is 32.2. The number of benzene rings is 1. The standard InChI is InChI=1S/C17H14F3N5OS/c1-25-15(11-4-3-7-21-9-11)23-24-16(25)27-10-14(26)22-13-6-2-5-12(8-13)17(18,19)20/h2-9H,10H2,1H3,(H,22,26). The van der Waals surface area contributed by atoms with E-state index in [0.717, 1.165) is 29.5 Å². The van der Waals surface area contributed by atoms with Crippen LogP contribution in [0.15, 0.2) is 53.9 Å². The van der Waals surface area contributed by atoms with Crippen LogP contribution in [0.4, 0.5) is 18.9 Å². The number of anilines is 1. The predicted octanol–water partition coefficient (Wildman–Crippen LogP) is 3.63. The van der Waals surface area contributed by atoms with E-state index in [4.69, 9.17) is 0 Å². The van der Waals surface area contributed by atoms with Gasteiger partial charge in [-0.3, -0.25) is 9.78 Å². The van der Waals surface area contributed by atoms with Crippen LogP contribution < -0.4 is 5.32 Å². The Kier molecular flexibility index (Phi) is 5.45. The molecule has 140 valence electrons. The maximum atomic E-state index is 12.7. The third kappa shape index (κ3) is 4.64. The van der Waals surface area contributed by atoms with Crippen molar-refractivity contribution in [1.29, 1.82) is 0 Å². The molecule has 0 radical (unpaired) electrons. The minimum atomic E-state index is -4.46. The van der Waals surface area contributed by atoms with Crippen molar-refractivity contribution in [3.05, 3.63) is 54.4 Å². The van der Waals surface area contributed by atoms with Crippen molar-refractivity contribution in [1.82, 2.24) is 19.7 Å². The number of nitrogens with zero attached hydrogens (tertiary/aromatic N) is 4. The Hall–Kier alpha value is -2.88. The second-order valence-corrected chi connectivity index (χ2v) is 6.46. The van der Waals surface area contributed by atoms with Crippen LogP contribution in [-0.4, -0.2) is 31.4 Å². The van der Waals surface area contributed by atoms with Gasteiger partial charge in [-0.2, -0.15) is 13.2 Å². The molecular formula is C17H14F3N5OS. The third-order valence-electron chi connectivity index (χ3n) is 3.56. The van der Waals surface area contributed by atoms with Gasteiger partial charge in [0.2, 0.25) is 5.91 Å². The molecule has 3 rings (SSSR count). The summed E-state index contributed by atoms with van der Waals surface area (Å²) < 4.78 is 39.9. The van der Waals surface area contributed by atoms with E-state index in [9.17, 15) is 18.0 Å². The molecule has 10 heteroatoms. The maximum Gasteiger partial charge on any atom is 0.416 e. The molecule has 0 fully saturated rings. The Morgan fingerprint density at radius 1 is 1.22 bits per heavy atom. The van der Waals surface area contributed by atoms with Crippen LogP contribution in [0.1, 0.15) is 5.56 Å². The molecule has 0 atom stereocenters. The van der Waals surface area contributed by atoms with Gasteiger partial charge in [0.1, 0.15) is 0 Å². The van der Waals surface area contributed by atoms with Crippen LogP contribution >= 0.6 is 11.8 Å². The number of aromatic nitrogens is 4. The first-order valence-electron chi connectivity index (χ1n) is 7.74. The average molecular weight is 393 g/mol. The summed E-state index contributed by atoms with van der Waals surface area (Å²) in [6.45, 7) is 0. The summed E-state index contributed by atoms with van der Waals surface area (Å²) in [6, 6.07) is 8.11. The molecule has 1 N–H and O–H groups in total. The summed E-state index contributed by atoms with van der Waals surface area (Å²) in [6.07, 6.45) is -1.16. The SMILES string of the molecule is Cn1c(SCC(=O)Nc2cccc(C(F)(F)F)c2)nnc1-c1cccnc1. The third-order valence-corrected chi connectivity index (χ3v) is 4.58. The zero-order valence-electron chi connectivity index (χ0n) is 14.1. The van der Waals surface area contributed by atoms with E-state index in [1.54, 1.807) is 30.1 Å². The normalized spacial score (nSPS) is 11.4. The first-order chi connectivity index (χ1) is 12.8. The van der Waals surface area contributed by atoms with Crippen molar-refractivity contribution in [3.63, 3.8) is 0 Å². The van der Waals surface area contributed by atoms with Gasteiger partial charge in [-0.25, -0.2) is 0 Å². The van der Waals surface area contributed by atoms with Crippen molar-refractivity contribution in [2.75, 3.05) is 11.1 Å². The molecule has 0 aliphatic heterocycles. The maximum absolute atomic E-state index is 12.7. The largest absolute Gasteiger partial charge is 0.416 e. The Balaban J connectivity index is 1.63. The van der Waals surface area contributed by atoms with Crippen molar-refractivity contribution in [2.45, 2.75) is 11.3 Å². The van der Waals surface area contributed by atoms with E-state index in [2.05, 4.69) is 20.5 Å². The van der Waals surface area contributed by atoms with E-state index in [-0.39, 0.29) is 11.4 Å². The lowest BCUT2D eigenvalue weighted by Crippen LogP contribution is -2.15. The molecule has 2 aromatic heterocycles. The molecule has 0 aliphatic rings. The lowest BCUT2D eigenvalue weighted by atomic mass is 10.2. The van der Waals surface area contributed by atoms with Gasteiger partial charge in [0.05, 0.1) is 11.3 Å². The Morgan fingerprint density at radius 2 is 2.04 bits per heavy atom. The number of carbonyl (C=O) groups is 1. The zero-order chi connectivity index (χ0) is 19.4. The minimum absolute atomic E-state index is 0.0186. The number of amides is 1. The van der Waals surface area contributed by atoms with Gasteiger partial charge in [-0.15, -0.1) is 10.2 Å². The van der Waals surface area contributed by atoms with Gasteiger partial charge < -0.3 is 9.88 Å². The van der Waals surface area contributed by atoms with E-state index >= 15 is 0 Å². The number of alkyl halides is 3. The minimum Gasteiger partial charge on any atom is -0.325 e. The highest BCUT2D eigenvalue weighted by Gasteiger charge is 2.30. The molecule has 0 spiro atoms. The summed E-state index contributed by atoms with van der Waals surface area (Å²) in [5.41, 5.74) is 0.0552. The van der Waals surface area contributed by atoms with Gasteiger partial charge >= 0.3 is 6.18 Å². The van der Waals surface area contributed by atoms with E-state index in [1.807, 2.05) is 6.07 Å².